The van der Waals surface area contributed by atoms with Crippen LogP contribution in [0.5, 0.6) is 0 Å². The molecule has 3 aromatic rings. The van der Waals surface area contributed by atoms with Crippen molar-refractivity contribution in [2.24, 2.45) is 5.92 Å². The Morgan fingerprint density at radius 2 is 1.53 bits per heavy atom. The Morgan fingerprint density at radius 1 is 0.906 bits per heavy atom. The van der Waals surface area contributed by atoms with E-state index < -0.39 is 10.8 Å². The molecule has 2 aromatic carbocycles. The fourth-order valence-electron chi connectivity index (χ4n) is 2.80. The monoisotopic (exact) mass is 451 g/mol. The molecule has 0 saturated carbocycles. The summed E-state index contributed by atoms with van der Waals surface area (Å²) in [5.41, 5.74) is 2.28. The number of nitrogens with one attached hydrogen (secondary N) is 3. The Hall–Kier alpha value is -3.46. The van der Waals surface area contributed by atoms with Crippen LogP contribution in [0.25, 0.3) is 11.3 Å². The maximum absolute atomic E-state index is 12.7. The predicted octanol–water partition coefficient (Wildman–Crippen LogP) is 3.85. The van der Waals surface area contributed by atoms with Crippen molar-refractivity contribution in [3.05, 3.63) is 64.4 Å². The Kier molecular flexibility index (Phi) is 7.42. The number of aromatic nitrogens is 3. The molecule has 1 atom stereocenters. The molecular weight excluding hydrogens is 426 g/mol. The number of hydrogen-bond acceptors (Lipinski definition) is 6. The largest absolute Gasteiger partial charge is 0.325 e. The molecule has 0 spiro atoms. The second kappa shape index (κ2) is 10.2. The molecule has 2 amide bonds. The maximum atomic E-state index is 12.7. The molecule has 1 unspecified atom stereocenters. The molecule has 0 radical (unpaired) electrons. The van der Waals surface area contributed by atoms with Gasteiger partial charge in [0.05, 0.1) is 10.9 Å². The van der Waals surface area contributed by atoms with Gasteiger partial charge in [-0.2, -0.15) is 0 Å². The van der Waals surface area contributed by atoms with E-state index in [-0.39, 0.29) is 28.6 Å². The summed E-state index contributed by atoms with van der Waals surface area (Å²) in [4.78, 5) is 40.0. The molecule has 0 aliphatic carbocycles. The van der Waals surface area contributed by atoms with E-state index in [2.05, 4.69) is 25.8 Å². The number of carbonyl (C=O) groups is 2. The number of benzene rings is 2. The summed E-state index contributed by atoms with van der Waals surface area (Å²) >= 11 is 1.10. The Bertz CT molecular complexity index is 1190. The average molecular weight is 452 g/mol. The fraction of sp³-hybridized carbons (Fsp3) is 0.261. The summed E-state index contributed by atoms with van der Waals surface area (Å²) in [6, 6.07) is 14.4. The van der Waals surface area contributed by atoms with Gasteiger partial charge in [-0.3, -0.25) is 19.4 Å². The molecule has 3 N–H and O–H groups in total. The molecule has 0 bridgehead atoms. The zero-order chi connectivity index (χ0) is 23.3. The van der Waals surface area contributed by atoms with Crippen molar-refractivity contribution in [1.82, 2.24) is 15.2 Å². The zero-order valence-electron chi connectivity index (χ0n) is 18.3. The van der Waals surface area contributed by atoms with Crippen LogP contribution < -0.4 is 16.2 Å². The molecule has 166 valence electrons. The smallest absolute Gasteiger partial charge is 0.278 e. The third-order valence-electron chi connectivity index (χ3n) is 4.70. The normalized spacial score (nSPS) is 11.8. The molecule has 9 heteroatoms. The van der Waals surface area contributed by atoms with Gasteiger partial charge in [-0.1, -0.05) is 62.0 Å². The van der Waals surface area contributed by atoms with E-state index in [1.165, 1.54) is 0 Å². The molecule has 1 aromatic heterocycles. The quantitative estimate of drug-likeness (QED) is 0.470. The first-order chi connectivity index (χ1) is 15.3. The number of nitrogens with zero attached hydrogens (tertiary/aromatic N) is 2. The number of aryl methyl sites for hydroxylation is 1. The molecule has 0 fully saturated rings. The summed E-state index contributed by atoms with van der Waals surface area (Å²) in [6.45, 7) is 7.21. The molecule has 8 nitrogen and oxygen atoms in total. The van der Waals surface area contributed by atoms with Gasteiger partial charge < -0.3 is 10.6 Å². The van der Waals surface area contributed by atoms with E-state index in [4.69, 9.17) is 0 Å². The molecule has 1 heterocycles. The molecule has 0 aliphatic heterocycles. The Labute approximate surface area is 190 Å². The number of H-pyrrole nitrogens is 1. The topological polar surface area (TPSA) is 117 Å². The van der Waals surface area contributed by atoms with E-state index in [0.717, 1.165) is 23.0 Å². The predicted molar refractivity (Wildman–Crippen MR) is 127 cm³/mol. The summed E-state index contributed by atoms with van der Waals surface area (Å²) in [5, 5.41) is 13.6. The highest BCUT2D eigenvalue weighted by atomic mass is 32.2. The number of anilines is 2. The number of para-hydroxylation sites is 2. The van der Waals surface area contributed by atoms with Gasteiger partial charge in [-0.15, -0.1) is 10.2 Å². The molecule has 32 heavy (non-hydrogen) atoms. The number of amides is 2. The van der Waals surface area contributed by atoms with E-state index in [0.29, 0.717) is 11.3 Å². The van der Waals surface area contributed by atoms with Crippen LogP contribution in [-0.2, 0) is 9.59 Å². The number of thioether (sulfide) groups is 1. The first kappa shape index (κ1) is 23.2. The number of aromatic amines is 1. The van der Waals surface area contributed by atoms with Crippen molar-refractivity contribution in [2.75, 3.05) is 10.6 Å². The van der Waals surface area contributed by atoms with Gasteiger partial charge in [-0.25, -0.2) is 0 Å². The van der Waals surface area contributed by atoms with E-state index in [9.17, 15) is 14.4 Å². The van der Waals surface area contributed by atoms with Gasteiger partial charge in [0.15, 0.2) is 10.9 Å². The number of carbonyl (C=O) groups excluding carboxylic acids is 2. The van der Waals surface area contributed by atoms with E-state index in [1.54, 1.807) is 45.0 Å². The fourth-order valence-corrected chi connectivity index (χ4v) is 3.54. The van der Waals surface area contributed by atoms with Crippen LogP contribution in [-0.4, -0.2) is 32.2 Å². The third-order valence-corrected chi connectivity index (χ3v) is 5.68. The highest BCUT2D eigenvalue weighted by Crippen LogP contribution is 2.25. The Morgan fingerprint density at radius 3 is 2.19 bits per heavy atom. The summed E-state index contributed by atoms with van der Waals surface area (Å²) < 4.78 is 0. The molecule has 0 aliphatic rings. The SMILES string of the molecule is Cc1ccccc1NC(=O)C(C)Sc1nnc(-c2ccccc2NC(=O)C(C)C)c(=O)[nH]1. The van der Waals surface area contributed by atoms with Crippen LogP contribution in [0.1, 0.15) is 26.3 Å². The first-order valence-electron chi connectivity index (χ1n) is 10.2. The summed E-state index contributed by atoms with van der Waals surface area (Å²) in [5.74, 6) is -0.584. The van der Waals surface area contributed by atoms with Crippen molar-refractivity contribution in [3.63, 3.8) is 0 Å². The van der Waals surface area contributed by atoms with Crippen LogP contribution in [0.15, 0.2) is 58.5 Å². The third kappa shape index (κ3) is 5.61. The first-order valence-corrected chi connectivity index (χ1v) is 11.0. The van der Waals surface area contributed by atoms with Crippen LogP contribution in [0, 0.1) is 12.8 Å². The van der Waals surface area contributed by atoms with E-state index >= 15 is 0 Å². The van der Waals surface area contributed by atoms with Gasteiger partial charge >= 0.3 is 0 Å². The van der Waals surface area contributed by atoms with Crippen molar-refractivity contribution >= 4 is 35.0 Å². The van der Waals surface area contributed by atoms with Crippen LogP contribution >= 0.6 is 11.8 Å². The van der Waals surface area contributed by atoms with Gasteiger partial charge in [0.1, 0.15) is 0 Å². The highest BCUT2D eigenvalue weighted by molar-refractivity contribution is 8.00. The lowest BCUT2D eigenvalue weighted by molar-refractivity contribution is -0.119. The van der Waals surface area contributed by atoms with Gasteiger partial charge in [0.25, 0.3) is 5.56 Å². The highest BCUT2D eigenvalue weighted by Gasteiger charge is 2.19. The summed E-state index contributed by atoms with van der Waals surface area (Å²) in [6.07, 6.45) is 0. The van der Waals surface area contributed by atoms with Crippen molar-refractivity contribution < 1.29 is 9.59 Å². The van der Waals surface area contributed by atoms with Crippen LogP contribution in [0.2, 0.25) is 0 Å². The van der Waals surface area contributed by atoms with Gasteiger partial charge in [0, 0.05) is 17.2 Å². The molecule has 3 rings (SSSR count). The molecular formula is C23H25N5O3S. The minimum atomic E-state index is -0.511. The molecule has 0 saturated heterocycles. The Balaban J connectivity index is 1.76. The standard InChI is InChI=1S/C23H25N5O3S/c1-13(2)20(29)25-18-12-8-6-10-16(18)19-22(31)26-23(28-27-19)32-15(4)21(30)24-17-11-7-5-9-14(17)3/h5-13,15H,1-4H3,(H,24,30)(H,25,29)(H,26,28,31). The van der Waals surface area contributed by atoms with Gasteiger partial charge in [-0.05, 0) is 31.5 Å². The zero-order valence-corrected chi connectivity index (χ0v) is 19.1. The lowest BCUT2D eigenvalue weighted by Gasteiger charge is -2.13. The minimum Gasteiger partial charge on any atom is -0.325 e. The number of rotatable bonds is 7. The average Bonchev–Trinajstić information content (AvgIpc) is 2.76. The maximum Gasteiger partial charge on any atom is 0.278 e. The van der Waals surface area contributed by atoms with Gasteiger partial charge in [0.2, 0.25) is 11.8 Å². The van der Waals surface area contributed by atoms with Crippen molar-refractivity contribution in [3.8, 4) is 11.3 Å². The minimum absolute atomic E-state index is 0.0889. The lowest BCUT2D eigenvalue weighted by atomic mass is 10.1. The summed E-state index contributed by atoms with van der Waals surface area (Å²) in [7, 11) is 0. The second-order valence-electron chi connectivity index (χ2n) is 7.56. The van der Waals surface area contributed by atoms with Crippen LogP contribution in [0.4, 0.5) is 11.4 Å². The van der Waals surface area contributed by atoms with Crippen molar-refractivity contribution in [1.29, 1.82) is 0 Å². The van der Waals surface area contributed by atoms with Crippen molar-refractivity contribution in [2.45, 2.75) is 38.1 Å². The lowest BCUT2D eigenvalue weighted by Crippen LogP contribution is -2.24. The van der Waals surface area contributed by atoms with Crippen LogP contribution in [0.3, 0.4) is 0 Å². The van der Waals surface area contributed by atoms with E-state index in [1.807, 2.05) is 31.2 Å². The second-order valence-corrected chi connectivity index (χ2v) is 8.89. The number of hydrogen-bond donors (Lipinski definition) is 3.